The van der Waals surface area contributed by atoms with Crippen molar-refractivity contribution in [1.82, 2.24) is 9.97 Å². The molecule has 2 N–H and O–H groups in total. The summed E-state index contributed by atoms with van der Waals surface area (Å²) >= 11 is 5.94. The van der Waals surface area contributed by atoms with Crippen LogP contribution in [0.15, 0.2) is 89.4 Å². The molecule has 5 nitrogen and oxygen atoms in total. The zero-order chi connectivity index (χ0) is 22.8. The van der Waals surface area contributed by atoms with Gasteiger partial charge < -0.3 is 14.7 Å². The maximum absolute atomic E-state index is 12.6. The van der Waals surface area contributed by atoms with Gasteiger partial charge in [-0.25, -0.2) is 4.98 Å². The first-order valence-electron chi connectivity index (χ1n) is 10.5. The molecule has 0 saturated carbocycles. The molecule has 0 bridgehead atoms. The number of aryl methyl sites for hydroxylation is 1. The summed E-state index contributed by atoms with van der Waals surface area (Å²) in [4.78, 5) is 20.5. The molecule has 5 aromatic rings. The molecular formula is C27H20ClN3O2. The summed E-state index contributed by atoms with van der Waals surface area (Å²) in [6, 6.07) is 24.8. The molecule has 5 rings (SSSR count). The van der Waals surface area contributed by atoms with Gasteiger partial charge in [0.25, 0.3) is 0 Å². The monoisotopic (exact) mass is 453 g/mol. The van der Waals surface area contributed by atoms with Crippen molar-refractivity contribution in [3.05, 3.63) is 101 Å². The van der Waals surface area contributed by atoms with Crippen molar-refractivity contribution in [2.75, 3.05) is 5.32 Å². The lowest BCUT2D eigenvalue weighted by Gasteiger charge is -2.08. The van der Waals surface area contributed by atoms with E-state index >= 15 is 0 Å². The maximum atomic E-state index is 12.6. The van der Waals surface area contributed by atoms with Crippen LogP contribution in [0.4, 0.5) is 5.69 Å². The second kappa shape index (κ2) is 8.81. The van der Waals surface area contributed by atoms with Crippen LogP contribution in [-0.2, 0) is 4.79 Å². The van der Waals surface area contributed by atoms with Crippen molar-refractivity contribution < 1.29 is 9.21 Å². The lowest BCUT2D eigenvalue weighted by atomic mass is 10.1. The third-order valence-electron chi connectivity index (χ3n) is 5.31. The van der Waals surface area contributed by atoms with Crippen molar-refractivity contribution in [2.45, 2.75) is 6.92 Å². The number of aromatic nitrogens is 2. The number of nitrogens with one attached hydrogen (secondary N) is 2. The molecular weight excluding hydrogens is 434 g/mol. The predicted molar refractivity (Wildman–Crippen MR) is 133 cm³/mol. The van der Waals surface area contributed by atoms with E-state index in [2.05, 4.69) is 15.3 Å². The summed E-state index contributed by atoms with van der Waals surface area (Å²) < 4.78 is 5.82. The van der Waals surface area contributed by atoms with Crippen molar-refractivity contribution >= 4 is 40.3 Å². The molecule has 0 unspecified atom stereocenters. The highest BCUT2D eigenvalue weighted by Crippen LogP contribution is 2.26. The van der Waals surface area contributed by atoms with Crippen LogP contribution in [0.25, 0.3) is 39.8 Å². The minimum absolute atomic E-state index is 0.246. The van der Waals surface area contributed by atoms with E-state index in [4.69, 9.17) is 16.0 Å². The summed E-state index contributed by atoms with van der Waals surface area (Å²) in [6.07, 6.45) is 3.10. The van der Waals surface area contributed by atoms with Crippen LogP contribution in [0.5, 0.6) is 0 Å². The Morgan fingerprint density at radius 2 is 1.79 bits per heavy atom. The highest BCUT2D eigenvalue weighted by atomic mass is 35.5. The number of nitrogens with zero attached hydrogens (tertiary/aromatic N) is 1. The van der Waals surface area contributed by atoms with Gasteiger partial charge in [0.2, 0.25) is 5.91 Å². The minimum atomic E-state index is -0.246. The number of anilines is 1. The van der Waals surface area contributed by atoms with Crippen LogP contribution in [0.3, 0.4) is 0 Å². The number of benzene rings is 3. The second-order valence-corrected chi connectivity index (χ2v) is 8.10. The summed E-state index contributed by atoms with van der Waals surface area (Å²) in [5.74, 6) is 1.81. The highest BCUT2D eigenvalue weighted by Gasteiger charge is 2.09. The van der Waals surface area contributed by atoms with Gasteiger partial charge in [0, 0.05) is 27.9 Å². The number of hydrogen-bond acceptors (Lipinski definition) is 3. The third kappa shape index (κ3) is 4.59. The Morgan fingerprint density at radius 3 is 2.61 bits per heavy atom. The number of carbonyl (C=O) groups excluding carboxylic acids is 1. The SMILES string of the molecule is Cc1ccc(-c2nc3ccccc3[nH]2)cc1NC(=O)/C=C/c1ccc(-c2ccc(Cl)cc2)o1. The summed E-state index contributed by atoms with van der Waals surface area (Å²) in [5.41, 5.74) is 5.37. The lowest BCUT2D eigenvalue weighted by molar-refractivity contribution is -0.111. The van der Waals surface area contributed by atoms with Gasteiger partial charge in [0.1, 0.15) is 17.3 Å². The van der Waals surface area contributed by atoms with Crippen LogP contribution in [-0.4, -0.2) is 15.9 Å². The van der Waals surface area contributed by atoms with E-state index < -0.39 is 0 Å². The number of carbonyl (C=O) groups is 1. The first kappa shape index (κ1) is 20.8. The second-order valence-electron chi connectivity index (χ2n) is 7.66. The van der Waals surface area contributed by atoms with E-state index in [9.17, 15) is 4.79 Å². The third-order valence-corrected chi connectivity index (χ3v) is 5.56. The lowest BCUT2D eigenvalue weighted by Crippen LogP contribution is -2.09. The largest absolute Gasteiger partial charge is 0.457 e. The highest BCUT2D eigenvalue weighted by molar-refractivity contribution is 6.30. The van der Waals surface area contributed by atoms with Crippen LogP contribution in [0.2, 0.25) is 5.02 Å². The van der Waals surface area contributed by atoms with E-state index in [0.717, 1.165) is 39.2 Å². The van der Waals surface area contributed by atoms with Gasteiger partial charge in [-0.3, -0.25) is 4.79 Å². The van der Waals surface area contributed by atoms with Gasteiger partial charge in [-0.1, -0.05) is 35.9 Å². The summed E-state index contributed by atoms with van der Waals surface area (Å²) in [6.45, 7) is 1.95. The summed E-state index contributed by atoms with van der Waals surface area (Å²) in [5, 5.41) is 3.61. The van der Waals surface area contributed by atoms with Crippen LogP contribution < -0.4 is 5.32 Å². The zero-order valence-corrected chi connectivity index (χ0v) is 18.6. The number of H-pyrrole nitrogens is 1. The van der Waals surface area contributed by atoms with E-state index in [0.29, 0.717) is 16.5 Å². The van der Waals surface area contributed by atoms with Gasteiger partial charge in [-0.05, 0) is 73.2 Å². The van der Waals surface area contributed by atoms with Gasteiger partial charge in [-0.15, -0.1) is 0 Å². The van der Waals surface area contributed by atoms with E-state index in [-0.39, 0.29) is 5.91 Å². The average Bonchev–Trinajstić information content (AvgIpc) is 3.47. The Hall–Kier alpha value is -4.09. The zero-order valence-electron chi connectivity index (χ0n) is 17.8. The Balaban J connectivity index is 1.31. The average molecular weight is 454 g/mol. The van der Waals surface area contributed by atoms with Crippen molar-refractivity contribution in [2.24, 2.45) is 0 Å². The number of fused-ring (bicyclic) bond motifs is 1. The van der Waals surface area contributed by atoms with Crippen LogP contribution >= 0.6 is 11.6 Å². The molecule has 0 aliphatic heterocycles. The van der Waals surface area contributed by atoms with Crippen molar-refractivity contribution in [1.29, 1.82) is 0 Å². The molecule has 0 fully saturated rings. The summed E-state index contributed by atoms with van der Waals surface area (Å²) in [7, 11) is 0. The topological polar surface area (TPSA) is 70.9 Å². The number of furan rings is 1. The Kier molecular flexibility index (Phi) is 5.55. The number of rotatable bonds is 5. The van der Waals surface area contributed by atoms with Gasteiger partial charge in [0.15, 0.2) is 0 Å². The number of halogens is 1. The van der Waals surface area contributed by atoms with Gasteiger partial charge in [0.05, 0.1) is 11.0 Å². The Morgan fingerprint density at radius 1 is 1.00 bits per heavy atom. The molecule has 1 amide bonds. The number of aromatic amines is 1. The Bertz CT molecular complexity index is 1450. The quantitative estimate of drug-likeness (QED) is 0.279. The molecule has 0 radical (unpaired) electrons. The molecule has 33 heavy (non-hydrogen) atoms. The number of hydrogen-bond donors (Lipinski definition) is 2. The predicted octanol–water partition coefficient (Wildman–Crippen LogP) is 7.10. The molecule has 3 aromatic carbocycles. The molecule has 162 valence electrons. The van der Waals surface area contributed by atoms with Gasteiger partial charge >= 0.3 is 0 Å². The fraction of sp³-hybridized carbons (Fsp3) is 0.0370. The van der Waals surface area contributed by atoms with Crippen molar-refractivity contribution in [3.63, 3.8) is 0 Å². The van der Waals surface area contributed by atoms with Crippen LogP contribution in [0, 0.1) is 6.92 Å². The molecule has 0 aliphatic rings. The molecule has 0 saturated heterocycles. The first-order valence-corrected chi connectivity index (χ1v) is 10.8. The fourth-order valence-corrected chi connectivity index (χ4v) is 3.66. The van der Waals surface area contributed by atoms with E-state index in [1.165, 1.54) is 6.08 Å². The van der Waals surface area contributed by atoms with Crippen LogP contribution in [0.1, 0.15) is 11.3 Å². The molecule has 2 heterocycles. The molecule has 0 aliphatic carbocycles. The Labute approximate surface area is 195 Å². The smallest absolute Gasteiger partial charge is 0.248 e. The normalized spacial score (nSPS) is 11.3. The molecule has 0 atom stereocenters. The fourth-order valence-electron chi connectivity index (χ4n) is 3.54. The molecule has 2 aromatic heterocycles. The first-order chi connectivity index (χ1) is 16.0. The number of para-hydroxylation sites is 2. The van der Waals surface area contributed by atoms with Crippen molar-refractivity contribution in [3.8, 4) is 22.7 Å². The minimum Gasteiger partial charge on any atom is -0.457 e. The van der Waals surface area contributed by atoms with E-state index in [1.807, 2.05) is 85.8 Å². The standard InChI is InChI=1S/C27H20ClN3O2/c1-17-6-7-19(27-30-22-4-2-3-5-23(22)31-27)16-24(17)29-26(32)15-13-21-12-14-25(33-21)18-8-10-20(28)11-9-18/h2-16H,1H3,(H,29,32)(H,30,31)/b15-13+. The molecule has 6 heteroatoms. The number of imidazole rings is 1. The van der Waals surface area contributed by atoms with Gasteiger partial charge in [-0.2, -0.15) is 0 Å². The number of amides is 1. The molecule has 0 spiro atoms. The maximum Gasteiger partial charge on any atom is 0.248 e. The van der Waals surface area contributed by atoms with E-state index in [1.54, 1.807) is 6.08 Å².